The minimum atomic E-state index is -2.47. The molecule has 4 nitrogen and oxygen atoms in total. The van der Waals surface area contributed by atoms with E-state index in [1.807, 2.05) is 0 Å². The third kappa shape index (κ3) is 2.22. The minimum absolute atomic E-state index is 0.201. The molecule has 0 radical (unpaired) electrons. The summed E-state index contributed by atoms with van der Waals surface area (Å²) in [6, 6.07) is 7.69. The molecule has 2 atom stereocenters. The maximum atomic E-state index is 12.7. The first-order chi connectivity index (χ1) is 6.13. The predicted octanol–water partition coefficient (Wildman–Crippen LogP) is 1.29. The van der Waals surface area contributed by atoms with Gasteiger partial charge in [0.2, 0.25) is 0 Å². The molecular weight excluding hydrogens is 177 g/mol. The van der Waals surface area contributed by atoms with Gasteiger partial charge in [-0.05, 0) is 5.56 Å². The molecule has 1 aromatic carbocycles. The summed E-state index contributed by atoms with van der Waals surface area (Å²) in [5.41, 5.74) is 0.201. The summed E-state index contributed by atoms with van der Waals surface area (Å²) in [4.78, 5) is 8.83. The van der Waals surface area contributed by atoms with Crippen LogP contribution in [-0.4, -0.2) is 16.3 Å². The van der Waals surface area contributed by atoms with Crippen LogP contribution in [0.2, 0.25) is 0 Å². The number of nitro groups is 1. The van der Waals surface area contributed by atoms with E-state index < -0.39 is 17.3 Å². The molecule has 0 saturated carbocycles. The van der Waals surface area contributed by atoms with Gasteiger partial charge in [-0.3, -0.25) is 10.1 Å². The van der Waals surface area contributed by atoms with Crippen LogP contribution in [0.3, 0.4) is 0 Å². The standard InChI is InChI=1S/C8H8FNO3/c9-8(10(12)13)7(11)6-4-2-1-3-5-6/h1-5,7-8,11H/t7-,8+/m0/s1. The molecule has 0 aliphatic heterocycles. The van der Waals surface area contributed by atoms with Gasteiger partial charge in [0.05, 0.1) is 4.92 Å². The summed E-state index contributed by atoms with van der Waals surface area (Å²) in [5, 5.41) is 19.1. The Morgan fingerprint density at radius 2 is 1.92 bits per heavy atom. The summed E-state index contributed by atoms with van der Waals surface area (Å²) in [7, 11) is 0. The average Bonchev–Trinajstić information content (AvgIpc) is 2.17. The van der Waals surface area contributed by atoms with Crippen molar-refractivity contribution in [3.63, 3.8) is 0 Å². The number of benzene rings is 1. The van der Waals surface area contributed by atoms with Crippen LogP contribution in [0.4, 0.5) is 4.39 Å². The fraction of sp³-hybridized carbons (Fsp3) is 0.250. The molecule has 13 heavy (non-hydrogen) atoms. The average molecular weight is 185 g/mol. The van der Waals surface area contributed by atoms with Gasteiger partial charge >= 0.3 is 6.30 Å². The predicted molar refractivity (Wildman–Crippen MR) is 43.3 cm³/mol. The van der Waals surface area contributed by atoms with E-state index in [4.69, 9.17) is 5.11 Å². The third-order valence-electron chi connectivity index (χ3n) is 1.60. The van der Waals surface area contributed by atoms with Gasteiger partial charge in [-0.1, -0.05) is 30.3 Å². The first kappa shape index (κ1) is 9.60. The SMILES string of the molecule is O=[N+]([O-])[C@@H](F)[C@@H](O)c1ccccc1. The van der Waals surface area contributed by atoms with Crippen molar-refractivity contribution in [3.05, 3.63) is 46.0 Å². The molecule has 1 N–H and O–H groups in total. The van der Waals surface area contributed by atoms with Crippen LogP contribution < -0.4 is 0 Å². The van der Waals surface area contributed by atoms with Crippen LogP contribution in [0.5, 0.6) is 0 Å². The molecule has 0 bridgehead atoms. The quantitative estimate of drug-likeness (QED) is 0.438. The Bertz CT molecular complexity index is 291. The lowest BCUT2D eigenvalue weighted by molar-refractivity contribution is -0.567. The second-order valence-electron chi connectivity index (χ2n) is 2.51. The highest BCUT2D eigenvalue weighted by molar-refractivity contribution is 5.17. The van der Waals surface area contributed by atoms with Crippen LogP contribution in [0.25, 0.3) is 0 Å². The summed E-state index contributed by atoms with van der Waals surface area (Å²) in [6.07, 6.45) is -4.17. The summed E-state index contributed by atoms with van der Waals surface area (Å²) in [6.45, 7) is 0. The lowest BCUT2D eigenvalue weighted by Gasteiger charge is -2.08. The third-order valence-corrected chi connectivity index (χ3v) is 1.60. The number of rotatable bonds is 3. The second-order valence-corrected chi connectivity index (χ2v) is 2.51. The van der Waals surface area contributed by atoms with E-state index in [-0.39, 0.29) is 5.56 Å². The normalized spacial score (nSPS) is 14.9. The Kier molecular flexibility index (Phi) is 2.92. The van der Waals surface area contributed by atoms with Crippen molar-refractivity contribution in [2.75, 3.05) is 0 Å². The van der Waals surface area contributed by atoms with Gasteiger partial charge in [-0.15, -0.1) is 0 Å². The summed E-state index contributed by atoms with van der Waals surface area (Å²) >= 11 is 0. The molecule has 0 aliphatic rings. The van der Waals surface area contributed by atoms with Crippen LogP contribution in [-0.2, 0) is 0 Å². The number of aliphatic hydroxyl groups is 1. The van der Waals surface area contributed by atoms with E-state index in [2.05, 4.69) is 0 Å². The Hall–Kier alpha value is -1.49. The summed E-state index contributed by atoms with van der Waals surface area (Å²) in [5.74, 6) is 0. The molecule has 5 heteroatoms. The fourth-order valence-corrected chi connectivity index (χ4v) is 0.924. The molecule has 1 rings (SSSR count). The fourth-order valence-electron chi connectivity index (χ4n) is 0.924. The molecule has 0 aromatic heterocycles. The minimum Gasteiger partial charge on any atom is -0.379 e. The number of halogens is 1. The number of aliphatic hydroxyl groups excluding tert-OH is 1. The van der Waals surface area contributed by atoms with Gasteiger partial charge in [-0.25, -0.2) is 0 Å². The molecule has 0 spiro atoms. The van der Waals surface area contributed by atoms with Crippen molar-refractivity contribution in [2.24, 2.45) is 0 Å². The van der Waals surface area contributed by atoms with E-state index >= 15 is 0 Å². The maximum absolute atomic E-state index is 12.7. The van der Waals surface area contributed by atoms with Crippen molar-refractivity contribution >= 4 is 0 Å². The highest BCUT2D eigenvalue weighted by Gasteiger charge is 2.29. The van der Waals surface area contributed by atoms with E-state index in [1.165, 1.54) is 12.1 Å². The van der Waals surface area contributed by atoms with Crippen molar-refractivity contribution in [2.45, 2.75) is 12.4 Å². The molecule has 70 valence electrons. The van der Waals surface area contributed by atoms with Gasteiger partial charge in [-0.2, -0.15) is 4.39 Å². The van der Waals surface area contributed by atoms with Crippen LogP contribution in [0.15, 0.2) is 30.3 Å². The van der Waals surface area contributed by atoms with E-state index in [0.717, 1.165) is 0 Å². The highest BCUT2D eigenvalue weighted by Crippen LogP contribution is 2.18. The zero-order valence-corrected chi connectivity index (χ0v) is 6.63. The van der Waals surface area contributed by atoms with Crippen molar-refractivity contribution in [1.82, 2.24) is 0 Å². The van der Waals surface area contributed by atoms with Gasteiger partial charge < -0.3 is 5.11 Å². The first-order valence-corrected chi connectivity index (χ1v) is 3.63. The Morgan fingerprint density at radius 1 is 1.38 bits per heavy atom. The van der Waals surface area contributed by atoms with Gasteiger partial charge in [0.15, 0.2) is 6.10 Å². The highest BCUT2D eigenvalue weighted by atomic mass is 19.1. The molecule has 0 saturated heterocycles. The van der Waals surface area contributed by atoms with E-state index in [9.17, 15) is 14.5 Å². The molecule has 1 aromatic rings. The molecule has 0 unspecified atom stereocenters. The zero-order valence-electron chi connectivity index (χ0n) is 6.63. The Labute approximate surface area is 73.8 Å². The largest absolute Gasteiger partial charge is 0.379 e. The number of alkyl halides is 1. The first-order valence-electron chi connectivity index (χ1n) is 3.63. The van der Waals surface area contributed by atoms with E-state index in [0.29, 0.717) is 0 Å². The van der Waals surface area contributed by atoms with Gasteiger partial charge in [0.1, 0.15) is 0 Å². The lowest BCUT2D eigenvalue weighted by atomic mass is 10.1. The molecule has 0 aliphatic carbocycles. The van der Waals surface area contributed by atoms with Gasteiger partial charge in [0.25, 0.3) is 0 Å². The van der Waals surface area contributed by atoms with Crippen molar-refractivity contribution in [1.29, 1.82) is 0 Å². The molecule has 0 fully saturated rings. The molecule has 0 amide bonds. The Morgan fingerprint density at radius 3 is 2.38 bits per heavy atom. The number of hydrogen-bond acceptors (Lipinski definition) is 3. The van der Waals surface area contributed by atoms with Crippen molar-refractivity contribution < 1.29 is 14.4 Å². The molecular formula is C8H8FNO3. The number of nitrogens with zero attached hydrogens (tertiary/aromatic N) is 1. The monoisotopic (exact) mass is 185 g/mol. The van der Waals surface area contributed by atoms with Crippen LogP contribution in [0.1, 0.15) is 11.7 Å². The zero-order chi connectivity index (χ0) is 9.84. The van der Waals surface area contributed by atoms with Gasteiger partial charge in [0, 0.05) is 0 Å². The topological polar surface area (TPSA) is 63.4 Å². The van der Waals surface area contributed by atoms with Crippen molar-refractivity contribution in [3.8, 4) is 0 Å². The van der Waals surface area contributed by atoms with E-state index in [1.54, 1.807) is 18.2 Å². The lowest BCUT2D eigenvalue weighted by Crippen LogP contribution is -2.22. The van der Waals surface area contributed by atoms with Crippen LogP contribution >= 0.6 is 0 Å². The Balaban J connectivity index is 2.79. The summed E-state index contributed by atoms with van der Waals surface area (Å²) < 4.78 is 12.7. The maximum Gasteiger partial charge on any atom is 0.379 e. The second kappa shape index (κ2) is 3.95. The number of hydrogen-bond donors (Lipinski definition) is 1. The van der Waals surface area contributed by atoms with Crippen LogP contribution in [0, 0.1) is 10.1 Å². The molecule has 0 heterocycles. The smallest absolute Gasteiger partial charge is 0.379 e.